The normalized spacial score (nSPS) is 14.6. The largest absolute Gasteiger partial charge is 0.324 e. The SMILES string of the molecule is O=C1CC(=O)N(c2ccccc2)c2cc(F)ccc2N1. The Balaban J connectivity index is 2.20. The van der Waals surface area contributed by atoms with Crippen molar-refractivity contribution in [3.8, 4) is 0 Å². The number of fused-ring (bicyclic) bond motifs is 1. The second kappa shape index (κ2) is 4.77. The van der Waals surface area contributed by atoms with Crippen molar-refractivity contribution < 1.29 is 14.0 Å². The van der Waals surface area contributed by atoms with Gasteiger partial charge in [0, 0.05) is 11.8 Å². The minimum absolute atomic E-state index is 0.273. The zero-order valence-corrected chi connectivity index (χ0v) is 10.5. The number of carbonyl (C=O) groups is 2. The standard InChI is InChI=1S/C15H11FN2O2/c16-10-6-7-12-13(8-10)18(11-4-2-1-3-5-11)15(20)9-14(19)17-12/h1-8H,9H2,(H,17,19). The summed E-state index contributed by atoms with van der Waals surface area (Å²) in [6.45, 7) is 0. The molecule has 0 saturated heterocycles. The molecule has 1 N–H and O–H groups in total. The van der Waals surface area contributed by atoms with Crippen molar-refractivity contribution >= 4 is 28.9 Å². The first-order valence-electron chi connectivity index (χ1n) is 6.12. The van der Waals surface area contributed by atoms with Crippen LogP contribution in [0.15, 0.2) is 48.5 Å². The number of benzene rings is 2. The molecule has 3 rings (SSSR count). The molecule has 100 valence electrons. The summed E-state index contributed by atoms with van der Waals surface area (Å²) < 4.78 is 13.5. The summed E-state index contributed by atoms with van der Waals surface area (Å²) in [5.41, 5.74) is 1.36. The number of hydrogen-bond acceptors (Lipinski definition) is 2. The van der Waals surface area contributed by atoms with E-state index in [0.29, 0.717) is 17.1 Å². The quantitative estimate of drug-likeness (QED) is 0.810. The first-order chi connectivity index (χ1) is 9.65. The van der Waals surface area contributed by atoms with Gasteiger partial charge in [0.2, 0.25) is 11.8 Å². The number of para-hydroxylation sites is 1. The lowest BCUT2D eigenvalue weighted by atomic mass is 10.2. The fourth-order valence-corrected chi connectivity index (χ4v) is 2.20. The molecule has 0 atom stereocenters. The number of carbonyl (C=O) groups excluding carboxylic acids is 2. The monoisotopic (exact) mass is 270 g/mol. The average Bonchev–Trinajstić information content (AvgIpc) is 2.54. The van der Waals surface area contributed by atoms with E-state index in [4.69, 9.17) is 0 Å². The number of nitrogens with one attached hydrogen (secondary N) is 1. The molecule has 1 aliphatic heterocycles. The summed E-state index contributed by atoms with van der Waals surface area (Å²) in [5, 5.41) is 2.61. The van der Waals surface area contributed by atoms with E-state index >= 15 is 0 Å². The van der Waals surface area contributed by atoms with E-state index < -0.39 is 17.6 Å². The van der Waals surface area contributed by atoms with Crippen LogP contribution in [0.1, 0.15) is 6.42 Å². The molecule has 5 heteroatoms. The van der Waals surface area contributed by atoms with Crippen LogP contribution in [0.3, 0.4) is 0 Å². The molecule has 1 heterocycles. The van der Waals surface area contributed by atoms with E-state index in [9.17, 15) is 14.0 Å². The molecule has 0 bridgehead atoms. The number of halogens is 1. The number of rotatable bonds is 1. The molecule has 0 saturated carbocycles. The molecule has 4 nitrogen and oxygen atoms in total. The third-order valence-electron chi connectivity index (χ3n) is 3.05. The lowest BCUT2D eigenvalue weighted by Gasteiger charge is -2.22. The Bertz CT molecular complexity index is 686. The fraction of sp³-hybridized carbons (Fsp3) is 0.0667. The van der Waals surface area contributed by atoms with Crippen LogP contribution in [0.2, 0.25) is 0 Å². The number of nitrogens with zero attached hydrogens (tertiary/aromatic N) is 1. The van der Waals surface area contributed by atoms with E-state index in [1.807, 2.05) is 6.07 Å². The average molecular weight is 270 g/mol. The third-order valence-corrected chi connectivity index (χ3v) is 3.05. The minimum Gasteiger partial charge on any atom is -0.324 e. The van der Waals surface area contributed by atoms with Gasteiger partial charge < -0.3 is 5.32 Å². The lowest BCUT2D eigenvalue weighted by Crippen LogP contribution is -2.26. The van der Waals surface area contributed by atoms with Crippen LogP contribution in [0, 0.1) is 5.82 Å². The van der Waals surface area contributed by atoms with Gasteiger partial charge in [-0.25, -0.2) is 4.39 Å². The summed E-state index contributed by atoms with van der Waals surface area (Å²) in [6.07, 6.45) is -0.273. The molecule has 2 amide bonds. The van der Waals surface area contributed by atoms with Gasteiger partial charge in [0.05, 0.1) is 11.4 Å². The van der Waals surface area contributed by atoms with Gasteiger partial charge in [0.25, 0.3) is 0 Å². The van der Waals surface area contributed by atoms with E-state index in [2.05, 4.69) is 5.32 Å². The minimum atomic E-state index is -0.464. The van der Waals surface area contributed by atoms with Crippen LogP contribution < -0.4 is 10.2 Å². The summed E-state index contributed by atoms with van der Waals surface area (Å²) in [5.74, 6) is -1.26. The first-order valence-corrected chi connectivity index (χ1v) is 6.12. The number of amides is 2. The Kier molecular flexibility index (Phi) is 2.95. The van der Waals surface area contributed by atoms with Crippen LogP contribution in [0.5, 0.6) is 0 Å². The van der Waals surface area contributed by atoms with Crippen molar-refractivity contribution in [2.75, 3.05) is 10.2 Å². The van der Waals surface area contributed by atoms with Gasteiger partial charge in [-0.2, -0.15) is 0 Å². The third kappa shape index (κ3) is 2.14. The molecule has 0 unspecified atom stereocenters. The Morgan fingerprint density at radius 1 is 1.05 bits per heavy atom. The predicted octanol–water partition coefficient (Wildman–Crippen LogP) is 2.83. The van der Waals surface area contributed by atoms with E-state index in [1.54, 1.807) is 24.3 Å². The Labute approximate surface area is 114 Å². The van der Waals surface area contributed by atoms with Gasteiger partial charge in [0.1, 0.15) is 12.2 Å². The van der Waals surface area contributed by atoms with Crippen molar-refractivity contribution in [1.29, 1.82) is 0 Å². The maximum Gasteiger partial charge on any atom is 0.241 e. The van der Waals surface area contributed by atoms with Crippen molar-refractivity contribution in [3.05, 3.63) is 54.3 Å². The highest BCUT2D eigenvalue weighted by Gasteiger charge is 2.27. The molecule has 1 aliphatic rings. The molecule has 2 aromatic carbocycles. The maximum atomic E-state index is 13.5. The van der Waals surface area contributed by atoms with Crippen LogP contribution in [-0.4, -0.2) is 11.8 Å². The summed E-state index contributed by atoms with van der Waals surface area (Å²) >= 11 is 0. The zero-order chi connectivity index (χ0) is 14.1. The van der Waals surface area contributed by atoms with Crippen LogP contribution in [0.4, 0.5) is 21.5 Å². The Hall–Kier alpha value is -2.69. The molecule has 0 aliphatic carbocycles. The number of anilines is 3. The van der Waals surface area contributed by atoms with Gasteiger partial charge in [-0.05, 0) is 24.3 Å². The van der Waals surface area contributed by atoms with E-state index in [1.165, 1.54) is 23.1 Å². The molecular weight excluding hydrogens is 259 g/mol. The second-order valence-electron chi connectivity index (χ2n) is 4.45. The molecule has 20 heavy (non-hydrogen) atoms. The van der Waals surface area contributed by atoms with Gasteiger partial charge in [-0.1, -0.05) is 18.2 Å². The second-order valence-corrected chi connectivity index (χ2v) is 4.45. The molecule has 2 aromatic rings. The summed E-state index contributed by atoms with van der Waals surface area (Å²) in [7, 11) is 0. The van der Waals surface area contributed by atoms with Crippen molar-refractivity contribution in [3.63, 3.8) is 0 Å². The van der Waals surface area contributed by atoms with Crippen LogP contribution in [0.25, 0.3) is 0 Å². The smallest absolute Gasteiger partial charge is 0.241 e. The topological polar surface area (TPSA) is 49.4 Å². The highest BCUT2D eigenvalue weighted by molar-refractivity contribution is 6.17. The number of hydrogen-bond donors (Lipinski definition) is 1. The first kappa shape index (κ1) is 12.3. The van der Waals surface area contributed by atoms with Gasteiger partial charge in [-0.15, -0.1) is 0 Å². The molecule has 0 fully saturated rings. The van der Waals surface area contributed by atoms with Crippen molar-refractivity contribution in [2.45, 2.75) is 6.42 Å². The summed E-state index contributed by atoms with van der Waals surface area (Å²) in [4.78, 5) is 25.3. The van der Waals surface area contributed by atoms with E-state index in [0.717, 1.165) is 0 Å². The highest BCUT2D eigenvalue weighted by Crippen LogP contribution is 2.35. The Morgan fingerprint density at radius 3 is 2.55 bits per heavy atom. The van der Waals surface area contributed by atoms with E-state index in [-0.39, 0.29) is 6.42 Å². The maximum absolute atomic E-state index is 13.5. The summed E-state index contributed by atoms with van der Waals surface area (Å²) in [6, 6.07) is 12.8. The van der Waals surface area contributed by atoms with Crippen LogP contribution >= 0.6 is 0 Å². The molecule has 0 spiro atoms. The molecular formula is C15H11FN2O2. The van der Waals surface area contributed by atoms with Crippen molar-refractivity contribution in [1.82, 2.24) is 0 Å². The zero-order valence-electron chi connectivity index (χ0n) is 10.5. The molecule has 0 radical (unpaired) electrons. The molecule has 0 aromatic heterocycles. The predicted molar refractivity (Wildman–Crippen MR) is 73.2 cm³/mol. The van der Waals surface area contributed by atoms with Gasteiger partial charge in [-0.3, -0.25) is 14.5 Å². The van der Waals surface area contributed by atoms with Gasteiger partial charge >= 0.3 is 0 Å². The lowest BCUT2D eigenvalue weighted by molar-refractivity contribution is -0.124. The van der Waals surface area contributed by atoms with Gasteiger partial charge in [0.15, 0.2) is 0 Å². The Morgan fingerprint density at radius 2 is 1.80 bits per heavy atom. The van der Waals surface area contributed by atoms with Crippen LogP contribution in [-0.2, 0) is 9.59 Å². The fourth-order valence-electron chi connectivity index (χ4n) is 2.20. The highest BCUT2D eigenvalue weighted by atomic mass is 19.1. The van der Waals surface area contributed by atoms with Crippen molar-refractivity contribution in [2.24, 2.45) is 0 Å².